The van der Waals surface area contributed by atoms with Crippen LogP contribution in [0.25, 0.3) is 31.6 Å². The van der Waals surface area contributed by atoms with Gasteiger partial charge in [-0.2, -0.15) is 0 Å². The molecule has 0 saturated carbocycles. The van der Waals surface area contributed by atoms with Crippen molar-refractivity contribution in [1.82, 2.24) is 15.0 Å². The monoisotopic (exact) mass is 507 g/mol. The zero-order valence-corrected chi connectivity index (χ0v) is 22.1. The minimum absolute atomic E-state index is 0.00778. The number of nitrogens with zero attached hydrogens (tertiary/aromatic N) is 4. The SMILES string of the molecule is Cc1cc(-c2ccccc2)c2c(n1)sc1c(N3CCC(C(=O)Nc4ccc(C)c(C)c4)CC3)ncnc12. The lowest BCUT2D eigenvalue weighted by atomic mass is 9.95. The fraction of sp³-hybridized carbons (Fsp3) is 0.267. The predicted molar refractivity (Wildman–Crippen MR) is 152 cm³/mol. The molecule has 1 aliphatic heterocycles. The van der Waals surface area contributed by atoms with Crippen molar-refractivity contribution in [2.45, 2.75) is 33.6 Å². The van der Waals surface area contributed by atoms with Crippen molar-refractivity contribution in [3.8, 4) is 11.1 Å². The molecule has 0 radical (unpaired) electrons. The Balaban J connectivity index is 1.27. The maximum atomic E-state index is 13.0. The molecular weight excluding hydrogens is 478 g/mol. The molecule has 1 amide bonds. The molecule has 1 N–H and O–H groups in total. The molecule has 1 saturated heterocycles. The van der Waals surface area contributed by atoms with Gasteiger partial charge in [0.25, 0.3) is 0 Å². The van der Waals surface area contributed by atoms with Gasteiger partial charge in [-0.15, -0.1) is 11.3 Å². The zero-order valence-electron chi connectivity index (χ0n) is 21.3. The van der Waals surface area contributed by atoms with Crippen LogP contribution in [0, 0.1) is 26.7 Å². The van der Waals surface area contributed by atoms with E-state index in [1.54, 1.807) is 17.7 Å². The fourth-order valence-electron chi connectivity index (χ4n) is 5.17. The number of aromatic nitrogens is 3. The largest absolute Gasteiger partial charge is 0.355 e. The molecule has 0 bridgehead atoms. The van der Waals surface area contributed by atoms with Crippen molar-refractivity contribution in [2.24, 2.45) is 5.92 Å². The van der Waals surface area contributed by atoms with Gasteiger partial charge in [0.2, 0.25) is 5.91 Å². The van der Waals surface area contributed by atoms with Gasteiger partial charge in [-0.3, -0.25) is 4.79 Å². The van der Waals surface area contributed by atoms with Gasteiger partial charge in [-0.1, -0.05) is 36.4 Å². The van der Waals surface area contributed by atoms with Gasteiger partial charge >= 0.3 is 0 Å². The molecule has 0 spiro atoms. The highest BCUT2D eigenvalue weighted by Crippen LogP contribution is 2.42. The van der Waals surface area contributed by atoms with Crippen molar-refractivity contribution < 1.29 is 4.79 Å². The first kappa shape index (κ1) is 23.6. The molecule has 6 rings (SSSR count). The van der Waals surface area contributed by atoms with Gasteiger partial charge in [0.15, 0.2) is 0 Å². The third-order valence-electron chi connectivity index (χ3n) is 7.36. The highest BCUT2D eigenvalue weighted by molar-refractivity contribution is 7.26. The second-order valence-corrected chi connectivity index (χ2v) is 10.9. The Morgan fingerprint density at radius 1 is 0.973 bits per heavy atom. The number of thiophene rings is 1. The van der Waals surface area contributed by atoms with E-state index in [1.165, 1.54) is 11.1 Å². The average molecular weight is 508 g/mol. The highest BCUT2D eigenvalue weighted by Gasteiger charge is 2.28. The number of carbonyl (C=O) groups excluding carboxylic acids is 1. The number of pyridine rings is 1. The minimum Gasteiger partial charge on any atom is -0.355 e. The summed E-state index contributed by atoms with van der Waals surface area (Å²) in [7, 11) is 0. The second-order valence-electron chi connectivity index (χ2n) is 9.88. The third kappa shape index (κ3) is 4.44. The molecule has 5 aromatic rings. The van der Waals surface area contributed by atoms with Crippen LogP contribution in [-0.4, -0.2) is 33.9 Å². The van der Waals surface area contributed by atoms with Crippen LogP contribution in [0.2, 0.25) is 0 Å². The van der Waals surface area contributed by atoms with E-state index in [-0.39, 0.29) is 11.8 Å². The van der Waals surface area contributed by atoms with Crippen LogP contribution in [0.15, 0.2) is 60.9 Å². The molecule has 4 heterocycles. The number of hydrogen-bond donors (Lipinski definition) is 1. The van der Waals surface area contributed by atoms with Crippen LogP contribution in [0.3, 0.4) is 0 Å². The second kappa shape index (κ2) is 9.56. The summed E-state index contributed by atoms with van der Waals surface area (Å²) in [5, 5.41) is 4.21. The van der Waals surface area contributed by atoms with Crippen molar-refractivity contribution in [2.75, 3.05) is 23.3 Å². The summed E-state index contributed by atoms with van der Waals surface area (Å²) in [5.74, 6) is 1.04. The minimum atomic E-state index is -0.00778. The number of anilines is 2. The van der Waals surface area contributed by atoms with E-state index >= 15 is 0 Å². The number of carbonyl (C=O) groups is 1. The molecule has 7 heteroatoms. The lowest BCUT2D eigenvalue weighted by Crippen LogP contribution is -2.38. The van der Waals surface area contributed by atoms with Gasteiger partial charge in [-0.25, -0.2) is 15.0 Å². The van der Waals surface area contributed by atoms with Crippen molar-refractivity contribution in [1.29, 1.82) is 0 Å². The van der Waals surface area contributed by atoms with E-state index in [0.29, 0.717) is 0 Å². The van der Waals surface area contributed by atoms with Crippen LogP contribution < -0.4 is 10.2 Å². The van der Waals surface area contributed by atoms with E-state index in [1.807, 2.05) is 25.1 Å². The maximum Gasteiger partial charge on any atom is 0.227 e. The van der Waals surface area contributed by atoms with Gasteiger partial charge in [0.05, 0.1) is 10.2 Å². The molecule has 2 aromatic carbocycles. The normalized spacial score (nSPS) is 14.4. The molecule has 1 fully saturated rings. The third-order valence-corrected chi connectivity index (χ3v) is 8.43. The Hall–Kier alpha value is -3.84. The topological polar surface area (TPSA) is 71.0 Å². The quantitative estimate of drug-likeness (QED) is 0.294. The Labute approximate surface area is 220 Å². The molecule has 37 heavy (non-hydrogen) atoms. The number of nitrogens with one attached hydrogen (secondary N) is 1. The average Bonchev–Trinajstić information content (AvgIpc) is 3.29. The summed E-state index contributed by atoms with van der Waals surface area (Å²) in [6, 6.07) is 18.6. The number of benzene rings is 2. The van der Waals surface area contributed by atoms with E-state index < -0.39 is 0 Å². The molecule has 0 aliphatic carbocycles. The molecular formula is C30H29N5OS. The first-order valence-electron chi connectivity index (χ1n) is 12.7. The smallest absolute Gasteiger partial charge is 0.227 e. The van der Waals surface area contributed by atoms with E-state index in [0.717, 1.165) is 74.7 Å². The van der Waals surface area contributed by atoms with Gasteiger partial charge in [0, 0.05) is 35.8 Å². The van der Waals surface area contributed by atoms with Gasteiger partial charge in [-0.05, 0) is 74.1 Å². The fourth-order valence-corrected chi connectivity index (χ4v) is 6.38. The van der Waals surface area contributed by atoms with Gasteiger partial charge in [0.1, 0.15) is 17.0 Å². The summed E-state index contributed by atoms with van der Waals surface area (Å²) in [6.45, 7) is 7.75. The first-order chi connectivity index (χ1) is 18.0. The Bertz CT molecular complexity index is 1620. The highest BCUT2D eigenvalue weighted by atomic mass is 32.1. The maximum absolute atomic E-state index is 13.0. The lowest BCUT2D eigenvalue weighted by molar-refractivity contribution is -0.120. The molecule has 1 aliphatic rings. The van der Waals surface area contributed by atoms with Crippen LogP contribution in [0.1, 0.15) is 29.7 Å². The van der Waals surface area contributed by atoms with E-state index in [2.05, 4.69) is 60.5 Å². The van der Waals surface area contributed by atoms with E-state index in [9.17, 15) is 4.79 Å². The summed E-state index contributed by atoms with van der Waals surface area (Å²) < 4.78 is 1.06. The van der Waals surface area contributed by atoms with E-state index in [4.69, 9.17) is 15.0 Å². The lowest BCUT2D eigenvalue weighted by Gasteiger charge is -2.32. The number of piperidine rings is 1. The Morgan fingerprint density at radius 2 is 1.76 bits per heavy atom. The van der Waals surface area contributed by atoms with Crippen LogP contribution in [0.4, 0.5) is 11.5 Å². The van der Waals surface area contributed by atoms with Crippen molar-refractivity contribution in [3.05, 3.63) is 77.7 Å². The predicted octanol–water partition coefficient (Wildman–Crippen LogP) is 6.69. The number of rotatable bonds is 4. The first-order valence-corrected chi connectivity index (χ1v) is 13.5. The molecule has 3 aromatic heterocycles. The summed E-state index contributed by atoms with van der Waals surface area (Å²) >= 11 is 1.66. The van der Waals surface area contributed by atoms with Gasteiger partial charge < -0.3 is 10.2 Å². The molecule has 186 valence electrons. The standard InChI is InChI=1S/C30H29N5OS/c1-18-9-10-23(15-19(18)2)34-29(36)22-11-13-35(14-12-22)28-27-26(31-17-32-28)25-24(21-7-5-4-6-8-21)16-20(3)33-30(25)37-27/h4-10,15-17,22H,11-14H2,1-3H3,(H,34,36). The number of fused-ring (bicyclic) bond motifs is 3. The number of aryl methyl sites for hydroxylation is 3. The molecule has 6 nitrogen and oxygen atoms in total. The van der Waals surface area contributed by atoms with Crippen LogP contribution in [0.5, 0.6) is 0 Å². The summed E-state index contributed by atoms with van der Waals surface area (Å²) in [4.78, 5) is 30.5. The summed E-state index contributed by atoms with van der Waals surface area (Å²) in [6.07, 6.45) is 3.25. The van der Waals surface area contributed by atoms with Crippen molar-refractivity contribution >= 4 is 49.2 Å². The molecule has 0 unspecified atom stereocenters. The number of amides is 1. The molecule has 0 atom stereocenters. The summed E-state index contributed by atoms with van der Waals surface area (Å²) in [5.41, 5.74) is 7.53. The zero-order chi connectivity index (χ0) is 25.5. The Morgan fingerprint density at radius 3 is 2.51 bits per heavy atom. The van der Waals surface area contributed by atoms with Crippen molar-refractivity contribution in [3.63, 3.8) is 0 Å². The Kier molecular flexibility index (Phi) is 6.08. The van der Waals surface area contributed by atoms with Crippen LogP contribution in [-0.2, 0) is 4.79 Å². The number of hydrogen-bond acceptors (Lipinski definition) is 6. The van der Waals surface area contributed by atoms with Crippen LogP contribution >= 0.6 is 11.3 Å².